The van der Waals surface area contributed by atoms with Crippen LogP contribution in [0, 0.1) is 0 Å². The molecule has 0 fully saturated rings. The number of aryl methyl sites for hydroxylation is 1. The van der Waals surface area contributed by atoms with Gasteiger partial charge in [0, 0.05) is 57.1 Å². The summed E-state index contributed by atoms with van der Waals surface area (Å²) in [6.07, 6.45) is 3.92. The molecule has 7 heteroatoms. The number of benzene rings is 1. The van der Waals surface area contributed by atoms with Crippen LogP contribution in [0.5, 0.6) is 0 Å². The Morgan fingerprint density at radius 3 is 2.75 bits per heavy atom. The molecule has 2 heterocycles. The van der Waals surface area contributed by atoms with Crippen LogP contribution >= 0.6 is 11.3 Å². The normalized spacial score (nSPS) is 11.6. The number of rotatable bonds is 7. The van der Waals surface area contributed by atoms with E-state index in [4.69, 9.17) is 4.98 Å². The molecule has 148 valence electrons. The fourth-order valence-electron chi connectivity index (χ4n) is 2.92. The molecule has 6 nitrogen and oxygen atoms in total. The van der Waals surface area contributed by atoms with Gasteiger partial charge in [0.05, 0.1) is 10.5 Å². The van der Waals surface area contributed by atoms with Gasteiger partial charge in [-0.2, -0.15) is 0 Å². The van der Waals surface area contributed by atoms with Crippen molar-refractivity contribution in [2.45, 2.75) is 26.3 Å². The number of fused-ring (bicyclic) bond motifs is 1. The predicted octanol–water partition coefficient (Wildman–Crippen LogP) is 3.23. The van der Waals surface area contributed by atoms with Gasteiger partial charge in [0.1, 0.15) is 5.82 Å². The maximum absolute atomic E-state index is 4.72. The van der Waals surface area contributed by atoms with Crippen LogP contribution < -0.4 is 15.5 Å². The Balaban J connectivity index is 1.63. The fourth-order valence-corrected chi connectivity index (χ4v) is 3.78. The molecule has 0 atom stereocenters. The van der Waals surface area contributed by atoms with Crippen LogP contribution in [0.2, 0.25) is 0 Å². The molecule has 2 N–H and O–H groups in total. The van der Waals surface area contributed by atoms with Crippen molar-refractivity contribution in [3.8, 4) is 0 Å². The highest BCUT2D eigenvalue weighted by atomic mass is 32.1. The number of pyridine rings is 1. The first-order valence-electron chi connectivity index (χ1n) is 9.54. The molecule has 0 saturated heterocycles. The maximum Gasteiger partial charge on any atom is 0.191 e. The summed E-state index contributed by atoms with van der Waals surface area (Å²) in [4.78, 5) is 16.9. The maximum atomic E-state index is 4.72. The average molecular weight is 397 g/mol. The van der Waals surface area contributed by atoms with Gasteiger partial charge >= 0.3 is 0 Å². The van der Waals surface area contributed by atoms with Crippen LogP contribution in [-0.2, 0) is 19.4 Å². The molecule has 3 rings (SSSR count). The van der Waals surface area contributed by atoms with Gasteiger partial charge in [0.15, 0.2) is 5.96 Å². The average Bonchev–Trinajstić information content (AvgIpc) is 3.18. The number of thiazole rings is 1. The molecule has 0 amide bonds. The number of anilines is 1. The SMILES string of the molecule is CCc1cnc(CCNC(=NC)NCc2cc(N(C)C)nc3ccccc23)s1. The van der Waals surface area contributed by atoms with E-state index < -0.39 is 0 Å². The summed E-state index contributed by atoms with van der Waals surface area (Å²) in [5.74, 6) is 1.74. The Hall–Kier alpha value is -2.67. The highest BCUT2D eigenvalue weighted by molar-refractivity contribution is 7.11. The third-order valence-corrected chi connectivity index (χ3v) is 5.70. The van der Waals surface area contributed by atoms with E-state index in [-0.39, 0.29) is 0 Å². The molecule has 0 radical (unpaired) electrons. The van der Waals surface area contributed by atoms with E-state index in [1.54, 1.807) is 18.4 Å². The molecule has 1 aromatic carbocycles. The van der Waals surface area contributed by atoms with Crippen LogP contribution in [0.15, 0.2) is 41.5 Å². The number of para-hydroxylation sites is 1. The minimum Gasteiger partial charge on any atom is -0.363 e. The summed E-state index contributed by atoms with van der Waals surface area (Å²) in [7, 11) is 5.82. The summed E-state index contributed by atoms with van der Waals surface area (Å²) < 4.78 is 0. The van der Waals surface area contributed by atoms with Gasteiger partial charge in [0.25, 0.3) is 0 Å². The summed E-state index contributed by atoms with van der Waals surface area (Å²) >= 11 is 1.79. The predicted molar refractivity (Wildman–Crippen MR) is 119 cm³/mol. The summed E-state index contributed by atoms with van der Waals surface area (Å²) in [5, 5.41) is 9.12. The lowest BCUT2D eigenvalue weighted by atomic mass is 10.1. The van der Waals surface area contributed by atoms with Crippen LogP contribution in [0.3, 0.4) is 0 Å². The Labute approximate surface area is 170 Å². The van der Waals surface area contributed by atoms with Gasteiger partial charge in [0.2, 0.25) is 0 Å². The van der Waals surface area contributed by atoms with E-state index in [9.17, 15) is 0 Å². The molecule has 0 aliphatic heterocycles. The quantitative estimate of drug-likeness (QED) is 0.474. The molecule has 0 unspecified atom stereocenters. The Bertz CT molecular complexity index is 947. The summed E-state index contributed by atoms with van der Waals surface area (Å²) in [6, 6.07) is 10.4. The second-order valence-corrected chi connectivity index (χ2v) is 7.93. The minimum absolute atomic E-state index is 0.681. The van der Waals surface area contributed by atoms with Crippen LogP contribution in [0.4, 0.5) is 5.82 Å². The number of nitrogens with one attached hydrogen (secondary N) is 2. The zero-order valence-corrected chi connectivity index (χ0v) is 17.8. The van der Waals surface area contributed by atoms with Gasteiger partial charge in [-0.05, 0) is 24.1 Å². The van der Waals surface area contributed by atoms with E-state index in [1.807, 2.05) is 31.3 Å². The van der Waals surface area contributed by atoms with Crippen LogP contribution in [0.1, 0.15) is 22.4 Å². The molecule has 28 heavy (non-hydrogen) atoms. The standard InChI is InChI=1S/C21H28N6S/c1-5-16-14-24-20(28-16)10-11-23-21(22-2)25-13-15-12-19(27(3)4)26-18-9-7-6-8-17(15)18/h6-9,12,14H,5,10-11,13H2,1-4H3,(H2,22,23,25). The van der Waals surface area contributed by atoms with Crippen LogP contribution in [0.25, 0.3) is 10.9 Å². The largest absolute Gasteiger partial charge is 0.363 e. The molecule has 0 aliphatic carbocycles. The molecule has 0 saturated carbocycles. The minimum atomic E-state index is 0.681. The molecule has 0 bridgehead atoms. The Kier molecular flexibility index (Phi) is 6.81. The van der Waals surface area contributed by atoms with E-state index in [1.165, 1.54) is 10.4 Å². The molecule has 2 aromatic heterocycles. The first-order chi connectivity index (χ1) is 13.6. The lowest BCUT2D eigenvalue weighted by Gasteiger charge is -2.16. The molecule has 0 spiro atoms. The summed E-state index contributed by atoms with van der Waals surface area (Å²) in [5.41, 5.74) is 2.20. The van der Waals surface area contributed by atoms with Crippen molar-refractivity contribution < 1.29 is 0 Å². The van der Waals surface area contributed by atoms with Crippen molar-refractivity contribution in [1.82, 2.24) is 20.6 Å². The number of aromatic nitrogens is 2. The molecule has 3 aromatic rings. The molecule has 0 aliphatic rings. The highest BCUT2D eigenvalue weighted by Gasteiger charge is 2.08. The van der Waals surface area contributed by atoms with Crippen molar-refractivity contribution in [3.05, 3.63) is 52.0 Å². The number of nitrogens with zero attached hydrogens (tertiary/aromatic N) is 4. The third kappa shape index (κ3) is 4.98. The van der Waals surface area contributed by atoms with E-state index in [2.05, 4.69) is 51.8 Å². The monoisotopic (exact) mass is 396 g/mol. The van der Waals surface area contributed by atoms with Crippen molar-refractivity contribution in [2.75, 3.05) is 32.6 Å². The van der Waals surface area contributed by atoms with Crippen molar-refractivity contribution >= 4 is 34.0 Å². The smallest absolute Gasteiger partial charge is 0.191 e. The number of hydrogen-bond donors (Lipinski definition) is 2. The lowest BCUT2D eigenvalue weighted by Crippen LogP contribution is -2.37. The van der Waals surface area contributed by atoms with Crippen molar-refractivity contribution in [1.29, 1.82) is 0 Å². The molecular formula is C21H28N6S. The zero-order valence-electron chi connectivity index (χ0n) is 17.0. The topological polar surface area (TPSA) is 65.4 Å². The Morgan fingerprint density at radius 2 is 2.04 bits per heavy atom. The van der Waals surface area contributed by atoms with Crippen molar-refractivity contribution in [3.63, 3.8) is 0 Å². The van der Waals surface area contributed by atoms with Gasteiger partial charge in [-0.25, -0.2) is 9.97 Å². The second kappa shape index (κ2) is 9.50. The van der Waals surface area contributed by atoms with Gasteiger partial charge < -0.3 is 15.5 Å². The Morgan fingerprint density at radius 1 is 1.21 bits per heavy atom. The van der Waals surface area contributed by atoms with Gasteiger partial charge in [-0.1, -0.05) is 25.1 Å². The highest BCUT2D eigenvalue weighted by Crippen LogP contribution is 2.22. The third-order valence-electron chi connectivity index (χ3n) is 4.50. The van der Waals surface area contributed by atoms with E-state index >= 15 is 0 Å². The number of aliphatic imine (C=N–C) groups is 1. The number of guanidine groups is 1. The molecular weight excluding hydrogens is 368 g/mol. The first-order valence-corrected chi connectivity index (χ1v) is 10.4. The van der Waals surface area contributed by atoms with Crippen molar-refractivity contribution in [2.24, 2.45) is 4.99 Å². The zero-order chi connectivity index (χ0) is 19.9. The lowest BCUT2D eigenvalue weighted by molar-refractivity contribution is 0.793. The van der Waals surface area contributed by atoms with Gasteiger partial charge in [-0.3, -0.25) is 4.99 Å². The first kappa shape index (κ1) is 20.1. The van der Waals surface area contributed by atoms with E-state index in [0.717, 1.165) is 47.1 Å². The van der Waals surface area contributed by atoms with E-state index in [0.29, 0.717) is 6.54 Å². The second-order valence-electron chi connectivity index (χ2n) is 6.73. The van der Waals surface area contributed by atoms with Gasteiger partial charge in [-0.15, -0.1) is 11.3 Å². The fraction of sp³-hybridized carbons (Fsp3) is 0.381. The number of hydrogen-bond acceptors (Lipinski definition) is 5. The summed E-state index contributed by atoms with van der Waals surface area (Å²) in [6.45, 7) is 3.64. The van der Waals surface area contributed by atoms with Crippen LogP contribution in [-0.4, -0.2) is 43.6 Å².